The Balaban J connectivity index is 2.06. The average Bonchev–Trinajstić information content (AvgIpc) is 2.35. The summed E-state index contributed by atoms with van der Waals surface area (Å²) in [6.07, 6.45) is 5.92. The monoisotopic (exact) mass is 236 g/mol. The maximum Gasteiger partial charge on any atom is 0.226 e. The summed E-state index contributed by atoms with van der Waals surface area (Å²) in [7, 11) is 0. The zero-order valence-electron chi connectivity index (χ0n) is 10.1. The molecule has 0 aliphatic heterocycles. The third-order valence-electron chi connectivity index (χ3n) is 2.47. The molecule has 1 aromatic heterocycles. The van der Waals surface area contributed by atoms with Crippen LogP contribution in [0.15, 0.2) is 24.4 Å². The van der Waals surface area contributed by atoms with Crippen LogP contribution in [0, 0.1) is 0 Å². The van der Waals surface area contributed by atoms with Gasteiger partial charge in [0.15, 0.2) is 0 Å². The van der Waals surface area contributed by atoms with Gasteiger partial charge in [-0.2, -0.15) is 0 Å². The Morgan fingerprint density at radius 2 is 2.06 bits per heavy atom. The zero-order valence-corrected chi connectivity index (χ0v) is 10.1. The van der Waals surface area contributed by atoms with Crippen LogP contribution in [0.25, 0.3) is 0 Å². The summed E-state index contributed by atoms with van der Waals surface area (Å²) in [6.45, 7) is 0.961. The number of aliphatic hydroxyl groups excluding tert-OH is 1. The topological polar surface area (TPSA) is 62.2 Å². The molecule has 1 rings (SSSR count). The Kier molecular flexibility index (Phi) is 6.98. The first-order chi connectivity index (χ1) is 8.33. The van der Waals surface area contributed by atoms with Crippen LogP contribution >= 0.6 is 0 Å². The Labute approximate surface area is 102 Å². The second kappa shape index (κ2) is 8.70. The predicted molar refractivity (Wildman–Crippen MR) is 66.5 cm³/mol. The molecule has 94 valence electrons. The van der Waals surface area contributed by atoms with Gasteiger partial charge < -0.3 is 10.4 Å². The van der Waals surface area contributed by atoms with Crippen molar-refractivity contribution in [2.45, 2.75) is 32.1 Å². The molecule has 0 spiro atoms. The maximum absolute atomic E-state index is 11.5. The van der Waals surface area contributed by atoms with Gasteiger partial charge in [0.25, 0.3) is 0 Å². The standard InChI is InChI=1S/C13H20N2O2/c16-10-6-2-1-4-9-15-13(17)11-12-7-3-5-8-14-12/h3,5,7-8,16H,1-2,4,6,9-11H2,(H,15,17). The van der Waals surface area contributed by atoms with E-state index in [0.717, 1.165) is 31.4 Å². The molecule has 0 aromatic carbocycles. The first-order valence-electron chi connectivity index (χ1n) is 6.10. The third-order valence-corrected chi connectivity index (χ3v) is 2.47. The van der Waals surface area contributed by atoms with Gasteiger partial charge in [0, 0.05) is 25.0 Å². The molecule has 1 amide bonds. The molecule has 0 bridgehead atoms. The van der Waals surface area contributed by atoms with Crippen molar-refractivity contribution in [3.8, 4) is 0 Å². The van der Waals surface area contributed by atoms with Gasteiger partial charge in [-0.05, 0) is 25.0 Å². The van der Waals surface area contributed by atoms with Crippen molar-refractivity contribution in [3.63, 3.8) is 0 Å². The number of aromatic nitrogens is 1. The van der Waals surface area contributed by atoms with Crippen molar-refractivity contribution in [3.05, 3.63) is 30.1 Å². The number of pyridine rings is 1. The molecule has 0 aliphatic carbocycles. The van der Waals surface area contributed by atoms with Crippen LogP contribution in [-0.2, 0) is 11.2 Å². The van der Waals surface area contributed by atoms with E-state index in [4.69, 9.17) is 5.11 Å². The summed E-state index contributed by atoms with van der Waals surface area (Å²) in [5.41, 5.74) is 0.797. The number of carbonyl (C=O) groups is 1. The maximum atomic E-state index is 11.5. The summed E-state index contributed by atoms with van der Waals surface area (Å²) in [4.78, 5) is 15.6. The number of carbonyl (C=O) groups excluding carboxylic acids is 1. The first-order valence-corrected chi connectivity index (χ1v) is 6.10. The number of amides is 1. The van der Waals surface area contributed by atoms with E-state index in [2.05, 4.69) is 10.3 Å². The summed E-state index contributed by atoms with van der Waals surface area (Å²) >= 11 is 0. The second-order valence-corrected chi connectivity index (χ2v) is 3.99. The van der Waals surface area contributed by atoms with E-state index in [1.165, 1.54) is 0 Å². The van der Waals surface area contributed by atoms with Crippen molar-refractivity contribution in [1.82, 2.24) is 10.3 Å². The molecular weight excluding hydrogens is 216 g/mol. The lowest BCUT2D eigenvalue weighted by Gasteiger charge is -2.04. The van der Waals surface area contributed by atoms with Gasteiger partial charge in [-0.15, -0.1) is 0 Å². The van der Waals surface area contributed by atoms with Crippen molar-refractivity contribution >= 4 is 5.91 Å². The average molecular weight is 236 g/mol. The minimum atomic E-state index is 0.0193. The quantitative estimate of drug-likeness (QED) is 0.669. The van der Waals surface area contributed by atoms with Crippen molar-refractivity contribution in [1.29, 1.82) is 0 Å². The molecule has 1 aromatic rings. The SMILES string of the molecule is O=C(Cc1ccccn1)NCCCCCCO. The lowest BCUT2D eigenvalue weighted by atomic mass is 10.2. The van der Waals surface area contributed by atoms with Gasteiger partial charge in [0.05, 0.1) is 6.42 Å². The zero-order chi connectivity index (χ0) is 12.3. The summed E-state index contributed by atoms with van der Waals surface area (Å²) in [5.74, 6) is 0.0193. The molecule has 0 saturated heterocycles. The smallest absolute Gasteiger partial charge is 0.226 e. The molecular formula is C13H20N2O2. The van der Waals surface area contributed by atoms with E-state index >= 15 is 0 Å². The molecule has 1 heterocycles. The summed E-state index contributed by atoms with van der Waals surface area (Å²) in [5, 5.41) is 11.5. The third kappa shape index (κ3) is 6.68. The number of hydrogen-bond donors (Lipinski definition) is 2. The van der Waals surface area contributed by atoms with E-state index in [0.29, 0.717) is 13.0 Å². The highest BCUT2D eigenvalue weighted by atomic mass is 16.2. The Morgan fingerprint density at radius 1 is 1.24 bits per heavy atom. The van der Waals surface area contributed by atoms with Crippen LogP contribution in [0.3, 0.4) is 0 Å². The number of hydrogen-bond acceptors (Lipinski definition) is 3. The molecule has 0 radical (unpaired) electrons. The van der Waals surface area contributed by atoms with E-state index in [-0.39, 0.29) is 12.5 Å². The molecule has 0 unspecified atom stereocenters. The molecule has 0 saturated carbocycles. The molecule has 17 heavy (non-hydrogen) atoms. The highest BCUT2D eigenvalue weighted by Gasteiger charge is 2.02. The van der Waals surface area contributed by atoms with E-state index < -0.39 is 0 Å². The first kappa shape index (κ1) is 13.6. The lowest BCUT2D eigenvalue weighted by Crippen LogP contribution is -2.26. The number of nitrogens with one attached hydrogen (secondary N) is 1. The van der Waals surface area contributed by atoms with Gasteiger partial charge in [-0.25, -0.2) is 0 Å². The molecule has 2 N–H and O–H groups in total. The minimum absolute atomic E-state index is 0.0193. The van der Waals surface area contributed by atoms with Gasteiger partial charge in [-0.3, -0.25) is 9.78 Å². The molecule has 4 nitrogen and oxygen atoms in total. The lowest BCUT2D eigenvalue weighted by molar-refractivity contribution is -0.120. The number of nitrogens with zero attached hydrogens (tertiary/aromatic N) is 1. The van der Waals surface area contributed by atoms with Crippen molar-refractivity contribution < 1.29 is 9.90 Å². The van der Waals surface area contributed by atoms with Gasteiger partial charge in [0.1, 0.15) is 0 Å². The highest BCUT2D eigenvalue weighted by Crippen LogP contribution is 1.98. The fraction of sp³-hybridized carbons (Fsp3) is 0.538. The van der Waals surface area contributed by atoms with Crippen LogP contribution in [0.2, 0.25) is 0 Å². The number of aliphatic hydroxyl groups is 1. The van der Waals surface area contributed by atoms with Crippen LogP contribution < -0.4 is 5.32 Å². The largest absolute Gasteiger partial charge is 0.396 e. The van der Waals surface area contributed by atoms with Gasteiger partial charge in [0.2, 0.25) is 5.91 Å². The normalized spacial score (nSPS) is 10.2. The molecule has 0 atom stereocenters. The van der Waals surface area contributed by atoms with Crippen LogP contribution in [0.1, 0.15) is 31.4 Å². The van der Waals surface area contributed by atoms with E-state index in [9.17, 15) is 4.79 Å². The van der Waals surface area contributed by atoms with Crippen molar-refractivity contribution in [2.75, 3.05) is 13.2 Å². The van der Waals surface area contributed by atoms with E-state index in [1.807, 2.05) is 18.2 Å². The number of rotatable bonds is 8. The minimum Gasteiger partial charge on any atom is -0.396 e. The second-order valence-electron chi connectivity index (χ2n) is 3.99. The van der Waals surface area contributed by atoms with Gasteiger partial charge in [-0.1, -0.05) is 18.9 Å². The van der Waals surface area contributed by atoms with Crippen LogP contribution in [0.4, 0.5) is 0 Å². The Hall–Kier alpha value is -1.42. The summed E-state index contributed by atoms with van der Waals surface area (Å²) < 4.78 is 0. The van der Waals surface area contributed by atoms with Crippen LogP contribution in [-0.4, -0.2) is 29.1 Å². The molecule has 0 aliphatic rings. The Bertz CT molecular complexity index is 314. The Morgan fingerprint density at radius 3 is 2.76 bits per heavy atom. The number of unbranched alkanes of at least 4 members (excludes halogenated alkanes) is 3. The van der Waals surface area contributed by atoms with Crippen LogP contribution in [0.5, 0.6) is 0 Å². The fourth-order valence-corrected chi connectivity index (χ4v) is 1.55. The molecule has 0 fully saturated rings. The predicted octanol–water partition coefficient (Wildman–Crippen LogP) is 1.29. The van der Waals surface area contributed by atoms with Crippen molar-refractivity contribution in [2.24, 2.45) is 0 Å². The highest BCUT2D eigenvalue weighted by molar-refractivity contribution is 5.77. The van der Waals surface area contributed by atoms with E-state index in [1.54, 1.807) is 6.20 Å². The van der Waals surface area contributed by atoms with Gasteiger partial charge >= 0.3 is 0 Å². The summed E-state index contributed by atoms with van der Waals surface area (Å²) in [6, 6.07) is 5.56. The molecule has 4 heteroatoms. The fourth-order valence-electron chi connectivity index (χ4n) is 1.55.